The van der Waals surface area contributed by atoms with Crippen LogP contribution >= 0.6 is 15.9 Å². The van der Waals surface area contributed by atoms with Crippen LogP contribution in [0.3, 0.4) is 0 Å². The number of aromatic carboxylic acids is 1. The quantitative estimate of drug-likeness (QED) is 0.790. The molecule has 0 bridgehead atoms. The van der Waals surface area contributed by atoms with E-state index in [1.807, 2.05) is 0 Å². The van der Waals surface area contributed by atoms with E-state index in [9.17, 15) is 9.59 Å². The van der Waals surface area contributed by atoms with Gasteiger partial charge in [0.05, 0.1) is 22.6 Å². The summed E-state index contributed by atoms with van der Waals surface area (Å²) in [6.45, 7) is 1.77. The first-order valence-corrected chi connectivity index (χ1v) is 6.79. The molecule has 0 radical (unpaired) electrons. The number of halogens is 1. The average molecular weight is 350 g/mol. The van der Waals surface area contributed by atoms with Gasteiger partial charge < -0.3 is 15.7 Å². The fraction of sp³-hybridized carbons (Fsp3) is 0.0714. The number of aryl methyl sites for hydroxylation is 1. The molecular weight excluding hydrogens is 338 g/mol. The summed E-state index contributed by atoms with van der Waals surface area (Å²) < 4.78 is 0.588. The number of nitrogens with zero attached hydrogens (tertiary/aromatic N) is 1. The highest BCUT2D eigenvalue weighted by atomic mass is 79.9. The molecule has 108 valence electrons. The first-order chi connectivity index (χ1) is 9.97. The Hall–Kier alpha value is -2.41. The predicted molar refractivity (Wildman–Crippen MR) is 82.7 cm³/mol. The number of benzene rings is 1. The average Bonchev–Trinajstić information content (AvgIpc) is 2.43. The first-order valence-electron chi connectivity index (χ1n) is 6.00. The molecule has 0 aliphatic rings. The molecule has 0 spiro atoms. The minimum atomic E-state index is -1.06. The van der Waals surface area contributed by atoms with Gasteiger partial charge in [-0.15, -0.1) is 0 Å². The Morgan fingerprint density at radius 1 is 1.19 bits per heavy atom. The largest absolute Gasteiger partial charge is 0.478 e. The molecule has 3 N–H and O–H groups in total. The second kappa shape index (κ2) is 6.36. The van der Waals surface area contributed by atoms with Gasteiger partial charge in [-0.1, -0.05) is 0 Å². The first kappa shape index (κ1) is 15.0. The number of anilines is 2. The summed E-state index contributed by atoms with van der Waals surface area (Å²) in [6.07, 6.45) is 1.63. The fourth-order valence-corrected chi connectivity index (χ4v) is 1.99. The van der Waals surface area contributed by atoms with Crippen LogP contribution in [0.25, 0.3) is 0 Å². The molecule has 0 fully saturated rings. The molecule has 0 unspecified atom stereocenters. The summed E-state index contributed by atoms with van der Waals surface area (Å²) >= 11 is 3.26. The number of hydrogen-bond donors (Lipinski definition) is 3. The van der Waals surface area contributed by atoms with Crippen molar-refractivity contribution in [3.05, 3.63) is 52.3 Å². The van der Waals surface area contributed by atoms with Crippen LogP contribution in [0.2, 0.25) is 0 Å². The Bertz CT molecular complexity index is 704. The van der Waals surface area contributed by atoms with Crippen LogP contribution in [0.1, 0.15) is 16.1 Å². The molecule has 2 aromatic rings. The highest BCUT2D eigenvalue weighted by Crippen LogP contribution is 2.24. The van der Waals surface area contributed by atoms with Crippen molar-refractivity contribution in [3.8, 4) is 0 Å². The number of carboxylic acid groups (broad SMARTS) is 1. The number of carbonyl (C=O) groups excluding carboxylic acids is 1. The van der Waals surface area contributed by atoms with Gasteiger partial charge in [-0.2, -0.15) is 0 Å². The maximum absolute atomic E-state index is 11.9. The van der Waals surface area contributed by atoms with Crippen molar-refractivity contribution >= 4 is 39.3 Å². The summed E-state index contributed by atoms with van der Waals surface area (Å²) in [6, 6.07) is 7.35. The van der Waals surface area contributed by atoms with E-state index in [1.165, 1.54) is 12.1 Å². The molecule has 0 saturated carbocycles. The van der Waals surface area contributed by atoms with Crippen LogP contribution in [-0.2, 0) is 0 Å². The smallest absolute Gasteiger partial charge is 0.335 e. The van der Waals surface area contributed by atoms with Crippen molar-refractivity contribution in [1.82, 2.24) is 4.98 Å². The normalized spacial score (nSPS) is 10.0. The third-order valence-corrected chi connectivity index (χ3v) is 3.41. The molecule has 0 aliphatic heterocycles. The van der Waals surface area contributed by atoms with Crippen molar-refractivity contribution in [2.45, 2.75) is 6.92 Å². The molecule has 1 aromatic carbocycles. The topological polar surface area (TPSA) is 91.3 Å². The highest BCUT2D eigenvalue weighted by molar-refractivity contribution is 9.10. The van der Waals surface area contributed by atoms with Crippen LogP contribution in [0.5, 0.6) is 0 Å². The molecule has 2 amide bonds. The summed E-state index contributed by atoms with van der Waals surface area (Å²) in [5, 5.41) is 14.2. The highest BCUT2D eigenvalue weighted by Gasteiger charge is 2.10. The van der Waals surface area contributed by atoms with Gasteiger partial charge >= 0.3 is 12.0 Å². The second-order valence-electron chi connectivity index (χ2n) is 4.22. The van der Waals surface area contributed by atoms with Crippen molar-refractivity contribution < 1.29 is 14.7 Å². The van der Waals surface area contributed by atoms with Gasteiger partial charge in [0.15, 0.2) is 0 Å². The van der Waals surface area contributed by atoms with E-state index in [0.29, 0.717) is 21.5 Å². The molecule has 2 rings (SSSR count). The third-order valence-electron chi connectivity index (χ3n) is 2.72. The zero-order valence-corrected chi connectivity index (χ0v) is 12.6. The number of amides is 2. The van der Waals surface area contributed by atoms with Crippen LogP contribution in [0, 0.1) is 6.92 Å². The van der Waals surface area contributed by atoms with E-state index < -0.39 is 12.0 Å². The van der Waals surface area contributed by atoms with E-state index >= 15 is 0 Å². The summed E-state index contributed by atoms with van der Waals surface area (Å²) in [7, 11) is 0. The van der Waals surface area contributed by atoms with Gasteiger partial charge in [-0.3, -0.25) is 4.98 Å². The number of carbonyl (C=O) groups is 2. The van der Waals surface area contributed by atoms with Gasteiger partial charge in [0, 0.05) is 10.7 Å². The maximum Gasteiger partial charge on any atom is 0.335 e. The van der Waals surface area contributed by atoms with Gasteiger partial charge in [-0.05, 0) is 53.2 Å². The van der Waals surface area contributed by atoms with E-state index in [4.69, 9.17) is 5.11 Å². The molecule has 1 heterocycles. The summed E-state index contributed by atoms with van der Waals surface area (Å²) in [5.74, 6) is -1.06. The van der Waals surface area contributed by atoms with E-state index in [-0.39, 0.29) is 5.56 Å². The Morgan fingerprint density at radius 3 is 2.57 bits per heavy atom. The molecule has 0 saturated heterocycles. The zero-order chi connectivity index (χ0) is 15.4. The molecular formula is C14H12BrN3O3. The number of urea groups is 1. The van der Waals surface area contributed by atoms with Gasteiger partial charge in [0.25, 0.3) is 0 Å². The SMILES string of the molecule is Cc1ncccc1NC(=O)Nc1cc(C(=O)O)ccc1Br. The van der Waals surface area contributed by atoms with Crippen molar-refractivity contribution in [2.24, 2.45) is 0 Å². The third kappa shape index (κ3) is 3.79. The minimum Gasteiger partial charge on any atom is -0.478 e. The van der Waals surface area contributed by atoms with E-state index in [2.05, 4.69) is 31.5 Å². The molecule has 7 heteroatoms. The van der Waals surface area contributed by atoms with Gasteiger partial charge in [0.1, 0.15) is 0 Å². The maximum atomic E-state index is 11.9. The Morgan fingerprint density at radius 2 is 1.90 bits per heavy atom. The Labute approximate surface area is 129 Å². The lowest BCUT2D eigenvalue weighted by Gasteiger charge is -2.11. The van der Waals surface area contributed by atoms with Crippen LogP contribution in [-0.4, -0.2) is 22.1 Å². The summed E-state index contributed by atoms with van der Waals surface area (Å²) in [5.41, 5.74) is 1.73. The standard InChI is InChI=1S/C14H12BrN3O3/c1-8-11(3-2-6-16-8)17-14(21)18-12-7-9(13(19)20)4-5-10(12)15/h2-7H,1H3,(H,19,20)(H2,17,18,21). The molecule has 0 aliphatic carbocycles. The second-order valence-corrected chi connectivity index (χ2v) is 5.07. The fourth-order valence-electron chi connectivity index (χ4n) is 1.65. The van der Waals surface area contributed by atoms with Crippen molar-refractivity contribution in [1.29, 1.82) is 0 Å². The number of hydrogen-bond acceptors (Lipinski definition) is 3. The molecule has 6 nitrogen and oxygen atoms in total. The van der Waals surface area contributed by atoms with Crippen LogP contribution in [0.4, 0.5) is 16.2 Å². The number of nitrogens with one attached hydrogen (secondary N) is 2. The number of aromatic nitrogens is 1. The van der Waals surface area contributed by atoms with Crippen LogP contribution in [0.15, 0.2) is 41.0 Å². The molecule has 1 aromatic heterocycles. The summed E-state index contributed by atoms with van der Waals surface area (Å²) in [4.78, 5) is 26.9. The lowest BCUT2D eigenvalue weighted by molar-refractivity contribution is 0.0697. The Balaban J connectivity index is 2.15. The van der Waals surface area contributed by atoms with Crippen molar-refractivity contribution in [2.75, 3.05) is 10.6 Å². The zero-order valence-electron chi connectivity index (χ0n) is 11.1. The van der Waals surface area contributed by atoms with Gasteiger partial charge in [0.2, 0.25) is 0 Å². The van der Waals surface area contributed by atoms with Crippen LogP contribution < -0.4 is 10.6 Å². The van der Waals surface area contributed by atoms with E-state index in [0.717, 1.165) is 0 Å². The minimum absolute atomic E-state index is 0.0889. The van der Waals surface area contributed by atoms with Gasteiger partial charge in [-0.25, -0.2) is 9.59 Å². The number of rotatable bonds is 3. The number of pyridine rings is 1. The van der Waals surface area contributed by atoms with Crippen molar-refractivity contribution in [3.63, 3.8) is 0 Å². The Kier molecular flexibility index (Phi) is 4.54. The van der Waals surface area contributed by atoms with E-state index in [1.54, 1.807) is 31.3 Å². The molecule has 0 atom stereocenters. The lowest BCUT2D eigenvalue weighted by atomic mass is 10.2. The molecule has 21 heavy (non-hydrogen) atoms. The number of carboxylic acids is 1. The lowest BCUT2D eigenvalue weighted by Crippen LogP contribution is -2.20. The predicted octanol–water partition coefficient (Wildman–Crippen LogP) is 3.49. The monoisotopic (exact) mass is 349 g/mol.